The van der Waals surface area contributed by atoms with Gasteiger partial charge < -0.3 is 15.7 Å². The number of hydrogen-bond donors (Lipinski definition) is 2. The molecule has 0 aliphatic heterocycles. The van der Waals surface area contributed by atoms with Crippen LogP contribution in [-0.4, -0.2) is 27.4 Å². The highest BCUT2D eigenvalue weighted by Crippen LogP contribution is 2.23. The number of halogens is 1. The van der Waals surface area contributed by atoms with Crippen molar-refractivity contribution in [1.29, 1.82) is 0 Å². The molecular formula is C13H15BrN4O2. The van der Waals surface area contributed by atoms with Gasteiger partial charge in [-0.25, -0.2) is 0 Å². The Kier molecular flexibility index (Phi) is 4.62. The van der Waals surface area contributed by atoms with Crippen LogP contribution in [0.2, 0.25) is 0 Å². The van der Waals surface area contributed by atoms with Crippen molar-refractivity contribution in [2.45, 2.75) is 6.42 Å². The van der Waals surface area contributed by atoms with Gasteiger partial charge in [-0.3, -0.25) is 4.68 Å². The minimum atomic E-state index is 0.0156. The third-order valence-electron chi connectivity index (χ3n) is 2.86. The first-order chi connectivity index (χ1) is 9.61. The fourth-order valence-electron chi connectivity index (χ4n) is 1.79. The van der Waals surface area contributed by atoms with Crippen LogP contribution in [-0.2, 0) is 13.5 Å². The van der Waals surface area contributed by atoms with E-state index in [0.717, 1.165) is 16.6 Å². The third kappa shape index (κ3) is 3.30. The van der Waals surface area contributed by atoms with Crippen LogP contribution >= 0.6 is 15.9 Å². The number of amidine groups is 1. The van der Waals surface area contributed by atoms with Crippen molar-refractivity contribution in [3.8, 4) is 5.75 Å². The number of ether oxygens (including phenoxy) is 1. The second kappa shape index (κ2) is 6.42. The summed E-state index contributed by atoms with van der Waals surface area (Å²) in [5.74, 6) is 0.590. The number of benzene rings is 1. The minimum Gasteiger partial charge on any atom is -0.492 e. The Morgan fingerprint density at radius 2 is 2.30 bits per heavy atom. The molecule has 0 radical (unpaired) electrons. The maximum absolute atomic E-state index is 8.80. The van der Waals surface area contributed by atoms with Gasteiger partial charge in [-0.2, -0.15) is 5.10 Å². The van der Waals surface area contributed by atoms with Crippen molar-refractivity contribution in [3.63, 3.8) is 0 Å². The highest BCUT2D eigenvalue weighted by molar-refractivity contribution is 9.10. The molecule has 1 heterocycles. The largest absolute Gasteiger partial charge is 0.492 e. The van der Waals surface area contributed by atoms with E-state index in [1.165, 1.54) is 0 Å². The summed E-state index contributed by atoms with van der Waals surface area (Å²) in [7, 11) is 1.89. The number of aromatic nitrogens is 2. The Balaban J connectivity index is 2.08. The Hall–Kier alpha value is -2.02. The summed E-state index contributed by atoms with van der Waals surface area (Å²) in [5.41, 5.74) is 7.26. The smallest absolute Gasteiger partial charge is 0.173 e. The van der Waals surface area contributed by atoms with Gasteiger partial charge in [-0.05, 0) is 24.3 Å². The van der Waals surface area contributed by atoms with Crippen molar-refractivity contribution >= 4 is 21.8 Å². The Morgan fingerprint density at radius 3 is 2.95 bits per heavy atom. The average molecular weight is 339 g/mol. The number of rotatable bonds is 5. The van der Waals surface area contributed by atoms with Crippen molar-refractivity contribution in [2.24, 2.45) is 17.9 Å². The van der Waals surface area contributed by atoms with Crippen LogP contribution in [0.1, 0.15) is 11.3 Å². The quantitative estimate of drug-likeness (QED) is 0.377. The van der Waals surface area contributed by atoms with E-state index in [1.54, 1.807) is 23.0 Å². The fraction of sp³-hybridized carbons (Fsp3) is 0.231. The van der Waals surface area contributed by atoms with E-state index in [4.69, 9.17) is 15.7 Å². The van der Waals surface area contributed by atoms with Crippen LogP contribution in [0, 0.1) is 0 Å². The van der Waals surface area contributed by atoms with E-state index in [1.807, 2.05) is 19.2 Å². The van der Waals surface area contributed by atoms with Gasteiger partial charge >= 0.3 is 0 Å². The molecular weight excluding hydrogens is 324 g/mol. The summed E-state index contributed by atoms with van der Waals surface area (Å²) in [6.45, 7) is 0.479. The van der Waals surface area contributed by atoms with Gasteiger partial charge in [-0.1, -0.05) is 21.1 Å². The molecule has 0 bridgehead atoms. The predicted molar refractivity (Wildman–Crippen MR) is 79.1 cm³/mol. The lowest BCUT2D eigenvalue weighted by Crippen LogP contribution is -2.16. The standard InChI is InChI=1S/C13H15BrN4O2/c1-18-10(4-6-16-18)5-7-20-12-3-2-9(14)8-11(12)13(15)17-19/h2-4,6,8,19H,5,7H2,1H3,(H2,15,17). The number of nitrogens with two attached hydrogens (primary N) is 1. The first-order valence-corrected chi connectivity index (χ1v) is 6.78. The molecule has 7 heteroatoms. The Morgan fingerprint density at radius 1 is 1.50 bits per heavy atom. The number of nitrogens with zero attached hydrogens (tertiary/aromatic N) is 3. The average Bonchev–Trinajstić information content (AvgIpc) is 2.85. The molecule has 0 atom stereocenters. The molecule has 0 saturated heterocycles. The fourth-order valence-corrected chi connectivity index (χ4v) is 2.16. The molecule has 0 fully saturated rings. The predicted octanol–water partition coefficient (Wildman–Crippen LogP) is 1.90. The van der Waals surface area contributed by atoms with Crippen molar-refractivity contribution in [3.05, 3.63) is 46.2 Å². The highest BCUT2D eigenvalue weighted by Gasteiger charge is 2.09. The van der Waals surface area contributed by atoms with Gasteiger partial charge in [0, 0.05) is 29.8 Å². The zero-order chi connectivity index (χ0) is 14.5. The molecule has 1 aromatic heterocycles. The molecule has 0 saturated carbocycles. The number of oxime groups is 1. The molecule has 0 aliphatic rings. The lowest BCUT2D eigenvalue weighted by atomic mass is 10.2. The molecule has 2 rings (SSSR count). The minimum absolute atomic E-state index is 0.0156. The second-order valence-electron chi connectivity index (χ2n) is 4.17. The summed E-state index contributed by atoms with van der Waals surface area (Å²) in [6.07, 6.45) is 2.47. The summed E-state index contributed by atoms with van der Waals surface area (Å²) in [6, 6.07) is 7.30. The van der Waals surface area contributed by atoms with Gasteiger partial charge in [0.05, 0.1) is 12.2 Å². The van der Waals surface area contributed by atoms with Crippen LogP contribution in [0.4, 0.5) is 0 Å². The maximum atomic E-state index is 8.80. The Bertz CT molecular complexity index is 625. The van der Waals surface area contributed by atoms with Gasteiger partial charge in [0.1, 0.15) is 5.75 Å². The topological polar surface area (TPSA) is 85.7 Å². The number of aryl methyl sites for hydroxylation is 1. The van der Waals surface area contributed by atoms with Crippen LogP contribution in [0.3, 0.4) is 0 Å². The van der Waals surface area contributed by atoms with E-state index >= 15 is 0 Å². The van der Waals surface area contributed by atoms with Gasteiger partial charge in [0.25, 0.3) is 0 Å². The van der Waals surface area contributed by atoms with E-state index in [-0.39, 0.29) is 5.84 Å². The van der Waals surface area contributed by atoms with Crippen molar-refractivity contribution in [1.82, 2.24) is 9.78 Å². The molecule has 2 aromatic rings. The van der Waals surface area contributed by atoms with E-state index in [0.29, 0.717) is 17.9 Å². The molecule has 0 amide bonds. The van der Waals surface area contributed by atoms with Crippen LogP contribution < -0.4 is 10.5 Å². The first kappa shape index (κ1) is 14.4. The SMILES string of the molecule is Cn1nccc1CCOc1ccc(Br)cc1/C(N)=N/O. The molecule has 0 spiro atoms. The lowest BCUT2D eigenvalue weighted by Gasteiger charge is -2.11. The summed E-state index contributed by atoms with van der Waals surface area (Å²) < 4.78 is 8.34. The van der Waals surface area contributed by atoms with Crippen molar-refractivity contribution in [2.75, 3.05) is 6.61 Å². The first-order valence-electron chi connectivity index (χ1n) is 5.99. The monoisotopic (exact) mass is 338 g/mol. The Labute approximate surface area is 125 Å². The van der Waals surface area contributed by atoms with E-state index in [9.17, 15) is 0 Å². The normalized spacial score (nSPS) is 11.6. The van der Waals surface area contributed by atoms with Crippen LogP contribution in [0.15, 0.2) is 40.1 Å². The van der Waals surface area contributed by atoms with E-state index < -0.39 is 0 Å². The summed E-state index contributed by atoms with van der Waals surface area (Å²) in [5, 5.41) is 15.9. The molecule has 3 N–H and O–H groups in total. The van der Waals surface area contributed by atoms with E-state index in [2.05, 4.69) is 26.2 Å². The number of hydrogen-bond acceptors (Lipinski definition) is 4. The van der Waals surface area contributed by atoms with Gasteiger partial charge in [0.2, 0.25) is 0 Å². The molecule has 106 valence electrons. The molecule has 0 aliphatic carbocycles. The van der Waals surface area contributed by atoms with Gasteiger partial charge in [0.15, 0.2) is 5.84 Å². The highest BCUT2D eigenvalue weighted by atomic mass is 79.9. The molecule has 6 nitrogen and oxygen atoms in total. The zero-order valence-corrected chi connectivity index (χ0v) is 12.5. The lowest BCUT2D eigenvalue weighted by molar-refractivity contribution is 0.312. The zero-order valence-electron chi connectivity index (χ0n) is 11.0. The second-order valence-corrected chi connectivity index (χ2v) is 5.09. The summed E-state index contributed by atoms with van der Waals surface area (Å²) >= 11 is 3.34. The molecule has 1 aromatic carbocycles. The third-order valence-corrected chi connectivity index (χ3v) is 3.36. The molecule has 20 heavy (non-hydrogen) atoms. The van der Waals surface area contributed by atoms with Crippen molar-refractivity contribution < 1.29 is 9.94 Å². The van der Waals surface area contributed by atoms with Crippen LogP contribution in [0.25, 0.3) is 0 Å². The van der Waals surface area contributed by atoms with Gasteiger partial charge in [-0.15, -0.1) is 0 Å². The molecule has 0 unspecified atom stereocenters. The van der Waals surface area contributed by atoms with Crippen LogP contribution in [0.5, 0.6) is 5.75 Å². The summed E-state index contributed by atoms with van der Waals surface area (Å²) in [4.78, 5) is 0. The maximum Gasteiger partial charge on any atom is 0.173 e.